The van der Waals surface area contributed by atoms with Crippen LogP contribution in [0.2, 0.25) is 0 Å². The standard InChI is InChI=1S/C9H19IN2/c10-11-6-2-5-9-12-7-3-1-4-8-12/h11H,1-9H2. The monoisotopic (exact) mass is 282 g/mol. The molecule has 1 heterocycles. The first-order valence-electron chi connectivity index (χ1n) is 4.99. The Balaban J connectivity index is 1.91. The zero-order valence-electron chi connectivity index (χ0n) is 7.69. The molecule has 3 heteroatoms. The molecule has 0 bridgehead atoms. The van der Waals surface area contributed by atoms with E-state index in [-0.39, 0.29) is 0 Å². The number of halogens is 1. The molecule has 0 radical (unpaired) electrons. The van der Waals surface area contributed by atoms with Gasteiger partial charge in [0.15, 0.2) is 0 Å². The van der Waals surface area contributed by atoms with E-state index in [2.05, 4.69) is 31.3 Å². The lowest BCUT2D eigenvalue weighted by Crippen LogP contribution is -2.30. The Hall–Kier alpha value is 0.650. The SMILES string of the molecule is INCCCCN1CCCCC1. The summed E-state index contributed by atoms with van der Waals surface area (Å²) < 4.78 is 3.16. The Bertz CT molecular complexity index is 103. The Labute approximate surface area is 89.6 Å². The number of likely N-dealkylation sites (tertiary alicyclic amines) is 1. The van der Waals surface area contributed by atoms with Crippen molar-refractivity contribution in [2.24, 2.45) is 0 Å². The van der Waals surface area contributed by atoms with Gasteiger partial charge in [-0.05, 0) is 45.3 Å². The van der Waals surface area contributed by atoms with Gasteiger partial charge in [0, 0.05) is 29.4 Å². The van der Waals surface area contributed by atoms with Gasteiger partial charge in [0.1, 0.15) is 0 Å². The summed E-state index contributed by atoms with van der Waals surface area (Å²) in [4.78, 5) is 2.61. The van der Waals surface area contributed by atoms with Crippen LogP contribution in [0.15, 0.2) is 0 Å². The molecule has 1 N–H and O–H groups in total. The first-order chi connectivity index (χ1) is 5.93. The fourth-order valence-corrected chi connectivity index (χ4v) is 2.09. The molecule has 2 nitrogen and oxygen atoms in total. The van der Waals surface area contributed by atoms with Crippen LogP contribution in [0.25, 0.3) is 0 Å². The Morgan fingerprint density at radius 2 is 1.83 bits per heavy atom. The van der Waals surface area contributed by atoms with E-state index in [4.69, 9.17) is 0 Å². The summed E-state index contributed by atoms with van der Waals surface area (Å²) in [7, 11) is 0. The summed E-state index contributed by atoms with van der Waals surface area (Å²) in [6, 6.07) is 0. The molecule has 0 aromatic carbocycles. The average molecular weight is 282 g/mol. The third-order valence-corrected chi connectivity index (χ3v) is 2.98. The molecule has 72 valence electrons. The lowest BCUT2D eigenvalue weighted by atomic mass is 10.1. The van der Waals surface area contributed by atoms with E-state index in [0.717, 1.165) is 6.54 Å². The van der Waals surface area contributed by atoms with Gasteiger partial charge in [-0.2, -0.15) is 0 Å². The Kier molecular flexibility index (Phi) is 6.34. The molecule has 0 aromatic heterocycles. The predicted molar refractivity (Wildman–Crippen MR) is 61.5 cm³/mol. The maximum atomic E-state index is 3.16. The van der Waals surface area contributed by atoms with Gasteiger partial charge in [0.25, 0.3) is 0 Å². The van der Waals surface area contributed by atoms with Crippen molar-refractivity contribution >= 4 is 22.9 Å². The van der Waals surface area contributed by atoms with Gasteiger partial charge in [0.2, 0.25) is 0 Å². The number of unbranched alkanes of at least 4 members (excludes halogenated alkanes) is 1. The number of nitrogens with one attached hydrogen (secondary N) is 1. The first-order valence-corrected chi connectivity index (χ1v) is 6.07. The molecule has 0 aliphatic carbocycles. The van der Waals surface area contributed by atoms with Crippen LogP contribution in [0.4, 0.5) is 0 Å². The third-order valence-electron chi connectivity index (χ3n) is 2.44. The number of hydrogen-bond acceptors (Lipinski definition) is 2. The van der Waals surface area contributed by atoms with E-state index in [1.807, 2.05) is 0 Å². The number of nitrogens with zero attached hydrogens (tertiary/aromatic N) is 1. The summed E-state index contributed by atoms with van der Waals surface area (Å²) in [6.07, 6.45) is 6.97. The van der Waals surface area contributed by atoms with Crippen LogP contribution in [0.3, 0.4) is 0 Å². The summed E-state index contributed by atoms with van der Waals surface area (Å²) in [6.45, 7) is 5.17. The van der Waals surface area contributed by atoms with E-state index in [0.29, 0.717) is 0 Å². The number of rotatable bonds is 5. The molecule has 1 aliphatic rings. The molecule has 1 aliphatic heterocycles. The second-order valence-corrected chi connectivity index (χ2v) is 4.26. The van der Waals surface area contributed by atoms with Crippen LogP contribution in [-0.2, 0) is 0 Å². The highest BCUT2D eigenvalue weighted by Gasteiger charge is 2.08. The van der Waals surface area contributed by atoms with Crippen LogP contribution >= 0.6 is 22.9 Å². The van der Waals surface area contributed by atoms with E-state index in [1.54, 1.807) is 0 Å². The topological polar surface area (TPSA) is 15.3 Å². The minimum atomic E-state index is 1.16. The largest absolute Gasteiger partial charge is 0.303 e. The molecular formula is C9H19IN2. The summed E-state index contributed by atoms with van der Waals surface area (Å²) in [5.74, 6) is 0. The second-order valence-electron chi connectivity index (χ2n) is 3.49. The van der Waals surface area contributed by atoms with Crippen LogP contribution in [0, 0.1) is 0 Å². The van der Waals surface area contributed by atoms with Gasteiger partial charge in [-0.25, -0.2) is 0 Å². The zero-order valence-corrected chi connectivity index (χ0v) is 9.85. The molecule has 0 unspecified atom stereocenters. The Morgan fingerprint density at radius 3 is 2.50 bits per heavy atom. The molecule has 1 fully saturated rings. The van der Waals surface area contributed by atoms with Crippen LogP contribution in [0.5, 0.6) is 0 Å². The zero-order chi connectivity index (χ0) is 8.65. The lowest BCUT2D eigenvalue weighted by Gasteiger charge is -2.26. The number of hydrogen-bond donors (Lipinski definition) is 1. The summed E-state index contributed by atoms with van der Waals surface area (Å²) in [5, 5.41) is 0. The van der Waals surface area contributed by atoms with Gasteiger partial charge < -0.3 is 4.90 Å². The molecule has 0 aromatic rings. The highest BCUT2D eigenvalue weighted by molar-refractivity contribution is 14.1. The smallest absolute Gasteiger partial charge is 0.0169 e. The summed E-state index contributed by atoms with van der Waals surface area (Å²) >= 11 is 2.22. The van der Waals surface area contributed by atoms with E-state index >= 15 is 0 Å². The molecule has 1 rings (SSSR count). The van der Waals surface area contributed by atoms with Gasteiger partial charge in [-0.3, -0.25) is 3.53 Å². The minimum absolute atomic E-state index is 1.16. The molecule has 0 spiro atoms. The van der Waals surface area contributed by atoms with Crippen LogP contribution in [0.1, 0.15) is 32.1 Å². The van der Waals surface area contributed by atoms with Crippen LogP contribution < -0.4 is 3.53 Å². The second kappa shape index (κ2) is 7.09. The molecule has 0 saturated carbocycles. The predicted octanol–water partition coefficient (Wildman–Crippen LogP) is 2.19. The maximum Gasteiger partial charge on any atom is 0.0169 e. The van der Waals surface area contributed by atoms with Crippen molar-refractivity contribution in [3.05, 3.63) is 0 Å². The van der Waals surface area contributed by atoms with Gasteiger partial charge >= 0.3 is 0 Å². The lowest BCUT2D eigenvalue weighted by molar-refractivity contribution is 0.225. The van der Waals surface area contributed by atoms with Crippen LogP contribution in [-0.4, -0.2) is 31.1 Å². The third kappa shape index (κ3) is 4.62. The van der Waals surface area contributed by atoms with E-state index in [1.165, 1.54) is 51.7 Å². The fraction of sp³-hybridized carbons (Fsp3) is 1.00. The molecule has 0 amide bonds. The van der Waals surface area contributed by atoms with Gasteiger partial charge in [-0.15, -0.1) is 0 Å². The maximum absolute atomic E-state index is 3.16. The highest BCUT2D eigenvalue weighted by atomic mass is 127. The van der Waals surface area contributed by atoms with Crippen molar-refractivity contribution in [1.29, 1.82) is 0 Å². The van der Waals surface area contributed by atoms with Crippen molar-refractivity contribution in [3.63, 3.8) is 0 Å². The van der Waals surface area contributed by atoms with E-state index in [9.17, 15) is 0 Å². The quantitative estimate of drug-likeness (QED) is 0.472. The fourth-order valence-electron chi connectivity index (χ4n) is 1.71. The van der Waals surface area contributed by atoms with Crippen molar-refractivity contribution in [2.75, 3.05) is 26.2 Å². The van der Waals surface area contributed by atoms with Gasteiger partial charge in [-0.1, -0.05) is 6.42 Å². The molecule has 12 heavy (non-hydrogen) atoms. The highest BCUT2D eigenvalue weighted by Crippen LogP contribution is 2.08. The van der Waals surface area contributed by atoms with Crippen molar-refractivity contribution in [3.8, 4) is 0 Å². The molecular weight excluding hydrogens is 263 g/mol. The number of piperidine rings is 1. The van der Waals surface area contributed by atoms with Crippen molar-refractivity contribution in [1.82, 2.24) is 8.43 Å². The summed E-state index contributed by atoms with van der Waals surface area (Å²) in [5.41, 5.74) is 0. The normalized spacial score (nSPS) is 19.8. The first kappa shape index (κ1) is 10.7. The van der Waals surface area contributed by atoms with E-state index < -0.39 is 0 Å². The molecule has 1 saturated heterocycles. The van der Waals surface area contributed by atoms with Crippen molar-refractivity contribution < 1.29 is 0 Å². The van der Waals surface area contributed by atoms with Crippen molar-refractivity contribution in [2.45, 2.75) is 32.1 Å². The van der Waals surface area contributed by atoms with Gasteiger partial charge in [0.05, 0.1) is 0 Å². The minimum Gasteiger partial charge on any atom is -0.303 e. The average Bonchev–Trinajstić information content (AvgIpc) is 2.14. The molecule has 0 atom stereocenters. The Morgan fingerprint density at radius 1 is 1.08 bits per heavy atom.